The largest absolute Gasteiger partial charge is 0.324 e. The summed E-state index contributed by atoms with van der Waals surface area (Å²) in [6.45, 7) is 2.42. The zero-order chi connectivity index (χ0) is 18.8. The van der Waals surface area contributed by atoms with E-state index in [9.17, 15) is 9.59 Å². The van der Waals surface area contributed by atoms with E-state index in [-0.39, 0.29) is 11.8 Å². The number of anilines is 1. The van der Waals surface area contributed by atoms with Gasteiger partial charge in [0.05, 0.1) is 0 Å². The van der Waals surface area contributed by atoms with Crippen LogP contribution in [0, 0.1) is 6.92 Å². The van der Waals surface area contributed by atoms with Crippen LogP contribution in [-0.2, 0) is 11.3 Å². The number of rotatable bonds is 4. The number of nitrogens with zero attached hydrogens (tertiary/aromatic N) is 1. The lowest BCUT2D eigenvalue weighted by Crippen LogP contribution is -2.37. The van der Waals surface area contributed by atoms with E-state index in [2.05, 4.69) is 5.32 Å². The van der Waals surface area contributed by atoms with Gasteiger partial charge in [-0.05, 0) is 36.2 Å². The number of carbonyl (C=O) groups excluding carboxylic acids is 2. The van der Waals surface area contributed by atoms with Gasteiger partial charge in [0.1, 0.15) is 6.04 Å². The van der Waals surface area contributed by atoms with Crippen LogP contribution in [0.3, 0.4) is 0 Å². The van der Waals surface area contributed by atoms with E-state index in [4.69, 9.17) is 0 Å². The highest BCUT2D eigenvalue weighted by Gasteiger charge is 2.37. The fourth-order valence-electron chi connectivity index (χ4n) is 3.44. The van der Waals surface area contributed by atoms with Crippen LogP contribution in [0.4, 0.5) is 5.69 Å². The first kappa shape index (κ1) is 17.0. The normalized spacial score (nSPS) is 14.0. The molecule has 0 fully saturated rings. The van der Waals surface area contributed by atoms with E-state index in [1.807, 2.05) is 85.8 Å². The minimum atomic E-state index is -0.688. The highest BCUT2D eigenvalue weighted by atomic mass is 16.2. The third kappa shape index (κ3) is 3.34. The van der Waals surface area contributed by atoms with Gasteiger partial charge in [0.15, 0.2) is 0 Å². The molecule has 0 aromatic heterocycles. The van der Waals surface area contributed by atoms with Gasteiger partial charge < -0.3 is 10.2 Å². The second-order valence-electron chi connectivity index (χ2n) is 6.76. The molecule has 0 saturated heterocycles. The summed E-state index contributed by atoms with van der Waals surface area (Å²) in [7, 11) is 0. The Morgan fingerprint density at radius 2 is 1.59 bits per heavy atom. The zero-order valence-electron chi connectivity index (χ0n) is 15.1. The van der Waals surface area contributed by atoms with Crippen LogP contribution in [-0.4, -0.2) is 16.7 Å². The van der Waals surface area contributed by atoms with Crippen molar-refractivity contribution in [2.75, 3.05) is 5.32 Å². The lowest BCUT2D eigenvalue weighted by molar-refractivity contribution is -0.120. The van der Waals surface area contributed by atoms with Crippen LogP contribution in [0.1, 0.15) is 33.1 Å². The molecule has 27 heavy (non-hydrogen) atoms. The highest BCUT2D eigenvalue weighted by molar-refractivity contribution is 6.03. The molecule has 0 aliphatic carbocycles. The van der Waals surface area contributed by atoms with Gasteiger partial charge in [0.2, 0.25) is 0 Å². The quantitative estimate of drug-likeness (QED) is 0.756. The van der Waals surface area contributed by atoms with Crippen LogP contribution < -0.4 is 5.32 Å². The number of benzene rings is 3. The number of amides is 2. The molecule has 0 unspecified atom stereocenters. The molecule has 4 heteroatoms. The Balaban J connectivity index is 1.67. The van der Waals surface area contributed by atoms with Crippen LogP contribution in [0.25, 0.3) is 0 Å². The van der Waals surface area contributed by atoms with Crippen LogP contribution >= 0.6 is 0 Å². The topological polar surface area (TPSA) is 49.4 Å². The van der Waals surface area contributed by atoms with Gasteiger partial charge in [0.25, 0.3) is 11.8 Å². The third-order valence-corrected chi connectivity index (χ3v) is 4.84. The maximum absolute atomic E-state index is 13.2. The van der Waals surface area contributed by atoms with Crippen molar-refractivity contribution in [2.45, 2.75) is 19.5 Å². The van der Waals surface area contributed by atoms with Crippen molar-refractivity contribution in [1.29, 1.82) is 0 Å². The molecule has 0 bridgehead atoms. The van der Waals surface area contributed by atoms with Gasteiger partial charge in [-0.25, -0.2) is 0 Å². The predicted octanol–water partition coefficient (Wildman–Crippen LogP) is 4.33. The average Bonchev–Trinajstić information content (AvgIpc) is 3.01. The molecule has 4 rings (SSSR count). The van der Waals surface area contributed by atoms with Crippen LogP contribution in [0.15, 0.2) is 78.9 Å². The molecular weight excluding hydrogens is 336 g/mol. The Hall–Kier alpha value is -3.40. The number of fused-ring (bicyclic) bond motifs is 1. The molecule has 1 atom stereocenters. The van der Waals surface area contributed by atoms with Gasteiger partial charge >= 0.3 is 0 Å². The molecule has 4 nitrogen and oxygen atoms in total. The molecule has 0 radical (unpaired) electrons. The minimum Gasteiger partial charge on any atom is -0.324 e. The first-order chi connectivity index (χ1) is 13.1. The molecule has 0 saturated carbocycles. The molecule has 134 valence electrons. The summed E-state index contributed by atoms with van der Waals surface area (Å²) < 4.78 is 0. The molecule has 0 spiro atoms. The van der Waals surface area contributed by atoms with Crippen molar-refractivity contribution in [3.8, 4) is 0 Å². The first-order valence-electron chi connectivity index (χ1n) is 8.95. The summed E-state index contributed by atoms with van der Waals surface area (Å²) in [5.74, 6) is -0.329. The molecule has 3 aromatic carbocycles. The van der Waals surface area contributed by atoms with E-state index < -0.39 is 6.04 Å². The first-order valence-corrected chi connectivity index (χ1v) is 8.95. The van der Waals surface area contributed by atoms with Gasteiger partial charge in [-0.1, -0.05) is 66.2 Å². The molecule has 3 aromatic rings. The van der Waals surface area contributed by atoms with E-state index >= 15 is 0 Å². The monoisotopic (exact) mass is 356 g/mol. The predicted molar refractivity (Wildman–Crippen MR) is 105 cm³/mol. The highest BCUT2D eigenvalue weighted by Crippen LogP contribution is 2.32. The molecule has 1 N–H and O–H groups in total. The van der Waals surface area contributed by atoms with Crippen molar-refractivity contribution < 1.29 is 9.59 Å². The molecule has 1 heterocycles. The summed E-state index contributed by atoms with van der Waals surface area (Å²) in [6, 6.07) is 23.9. The number of nitrogens with one attached hydrogen (secondary N) is 1. The SMILES string of the molecule is Cc1ccc(NC(=O)[C@@H](c2ccccc2)N2Cc3ccccc3C2=O)cc1. The number of carbonyl (C=O) groups is 2. The number of hydrogen-bond acceptors (Lipinski definition) is 2. The second-order valence-corrected chi connectivity index (χ2v) is 6.76. The number of hydrogen-bond donors (Lipinski definition) is 1. The van der Waals surface area contributed by atoms with Gasteiger partial charge in [-0.15, -0.1) is 0 Å². The number of aryl methyl sites for hydroxylation is 1. The van der Waals surface area contributed by atoms with Crippen LogP contribution in [0.5, 0.6) is 0 Å². The second kappa shape index (κ2) is 7.08. The van der Waals surface area contributed by atoms with Gasteiger partial charge in [-0.2, -0.15) is 0 Å². The Labute approximate surface area is 158 Å². The maximum atomic E-state index is 13.2. The fourth-order valence-corrected chi connectivity index (χ4v) is 3.44. The molecule has 1 aliphatic heterocycles. The molecule has 1 aliphatic rings. The Kier molecular flexibility index (Phi) is 4.47. The summed E-state index contributed by atoms with van der Waals surface area (Å²) in [4.78, 5) is 27.8. The van der Waals surface area contributed by atoms with E-state index in [1.54, 1.807) is 4.90 Å². The van der Waals surface area contributed by atoms with E-state index in [1.165, 1.54) is 0 Å². The van der Waals surface area contributed by atoms with Gasteiger partial charge in [-0.3, -0.25) is 9.59 Å². The summed E-state index contributed by atoms with van der Waals surface area (Å²) in [5.41, 5.74) is 4.25. The van der Waals surface area contributed by atoms with E-state index in [0.29, 0.717) is 12.1 Å². The molecule has 2 amide bonds. The molecular formula is C23H20N2O2. The van der Waals surface area contributed by atoms with Crippen molar-refractivity contribution >= 4 is 17.5 Å². The fraction of sp³-hybridized carbons (Fsp3) is 0.130. The van der Waals surface area contributed by atoms with Crippen molar-refractivity contribution in [2.24, 2.45) is 0 Å². The lowest BCUT2D eigenvalue weighted by atomic mass is 10.0. The standard InChI is InChI=1S/C23H20N2O2/c1-16-11-13-19(14-12-16)24-22(26)21(17-7-3-2-4-8-17)25-15-18-9-5-6-10-20(18)23(25)27/h2-14,21H,15H2,1H3,(H,24,26)/t21-/m1/s1. The van der Waals surface area contributed by atoms with Crippen molar-refractivity contribution in [3.05, 3.63) is 101 Å². The minimum absolute atomic E-state index is 0.112. The van der Waals surface area contributed by atoms with E-state index in [0.717, 1.165) is 22.4 Å². The summed E-state index contributed by atoms with van der Waals surface area (Å²) >= 11 is 0. The smallest absolute Gasteiger partial charge is 0.255 e. The Morgan fingerprint density at radius 3 is 2.30 bits per heavy atom. The summed E-state index contributed by atoms with van der Waals surface area (Å²) in [5, 5.41) is 2.96. The summed E-state index contributed by atoms with van der Waals surface area (Å²) in [6.07, 6.45) is 0. The Morgan fingerprint density at radius 1 is 0.926 bits per heavy atom. The van der Waals surface area contributed by atoms with Crippen molar-refractivity contribution in [1.82, 2.24) is 4.90 Å². The third-order valence-electron chi connectivity index (χ3n) is 4.84. The van der Waals surface area contributed by atoms with Crippen molar-refractivity contribution in [3.63, 3.8) is 0 Å². The Bertz CT molecular complexity index is 981. The zero-order valence-corrected chi connectivity index (χ0v) is 15.1. The van der Waals surface area contributed by atoms with Gasteiger partial charge in [0, 0.05) is 17.8 Å². The average molecular weight is 356 g/mol. The van der Waals surface area contributed by atoms with Crippen LogP contribution in [0.2, 0.25) is 0 Å². The maximum Gasteiger partial charge on any atom is 0.255 e. The lowest BCUT2D eigenvalue weighted by Gasteiger charge is -2.27.